The predicted molar refractivity (Wildman–Crippen MR) is 278 cm³/mol. The average molecular weight is 1030 g/mol. The minimum absolute atomic E-state index is 0.000580. The molecule has 5 N–H and O–H groups in total. The molecule has 7 rings (SSSR count). The second-order valence-electron chi connectivity index (χ2n) is 18.7. The molecule has 2 aliphatic heterocycles. The second-order valence-corrected chi connectivity index (χ2v) is 20.3. The van der Waals surface area contributed by atoms with Crippen molar-refractivity contribution in [1.82, 2.24) is 35.4 Å². The average Bonchev–Trinajstić information content (AvgIpc) is 3.98. The van der Waals surface area contributed by atoms with Gasteiger partial charge in [0.1, 0.15) is 51.6 Å². The summed E-state index contributed by atoms with van der Waals surface area (Å²) in [7, 11) is 4.43. The number of nitrogens with one attached hydrogen (secondary N) is 4. The zero-order valence-corrected chi connectivity index (χ0v) is 43.4. The van der Waals surface area contributed by atoms with Crippen LogP contribution in [0.1, 0.15) is 57.8 Å². The number of benzene rings is 3. The molecule has 0 spiro atoms. The van der Waals surface area contributed by atoms with Crippen molar-refractivity contribution in [3.63, 3.8) is 0 Å². The third-order valence-corrected chi connectivity index (χ3v) is 14.4. The number of likely N-dealkylation sites (tertiary alicyclic amines) is 1. The van der Waals surface area contributed by atoms with Crippen LogP contribution < -0.4 is 40.5 Å². The van der Waals surface area contributed by atoms with Gasteiger partial charge in [-0.3, -0.25) is 24.2 Å². The van der Waals surface area contributed by atoms with Crippen molar-refractivity contribution < 1.29 is 33.8 Å². The molecular formula is C50H61Cl2N11O7S. The quantitative estimate of drug-likeness (QED) is 0.0649. The normalized spacial score (nSPS) is 17.0. The van der Waals surface area contributed by atoms with E-state index in [1.165, 1.54) is 36.4 Å². The number of amides is 5. The number of thiazole rings is 1. The number of methoxy groups -OCH3 is 2. The number of aromatic nitrogens is 3. The number of aryl methyl sites for hydroxylation is 1. The SMILES string of the molecule is COc1cc(OC)c(Cl)c(NC(=O)N(C)c2cc(Nc3ccc(N4CCN(CCC(=O)N[C@H](C(=O)N5C[C@H](O)C[C@H]5C(=O)N[C@@H](C)c5ccc(-c6scnc6C)cc5)C(C)(C)C)CC4)cc3)ncn2)c1Cl. The first-order chi connectivity index (χ1) is 33.8. The van der Waals surface area contributed by atoms with E-state index in [1.54, 1.807) is 24.5 Å². The van der Waals surface area contributed by atoms with E-state index in [0.717, 1.165) is 59.3 Å². The minimum Gasteiger partial charge on any atom is -0.495 e. The van der Waals surface area contributed by atoms with Gasteiger partial charge in [0.05, 0.1) is 48.1 Å². The van der Waals surface area contributed by atoms with E-state index in [-0.39, 0.29) is 64.5 Å². The maximum atomic E-state index is 14.2. The number of anilines is 5. The molecule has 0 aliphatic carbocycles. The fraction of sp³-hybridized carbons (Fsp3) is 0.420. The number of halogens is 2. The molecule has 21 heteroatoms. The lowest BCUT2D eigenvalue weighted by atomic mass is 9.85. The third-order valence-electron chi connectivity index (χ3n) is 12.7. The molecule has 5 amide bonds. The number of urea groups is 1. The molecule has 2 saturated heterocycles. The monoisotopic (exact) mass is 1030 g/mol. The first-order valence-electron chi connectivity index (χ1n) is 23.2. The lowest BCUT2D eigenvalue weighted by Crippen LogP contribution is -2.58. The molecule has 2 aliphatic rings. The number of carbonyl (C=O) groups is 4. The summed E-state index contributed by atoms with van der Waals surface area (Å²) in [5, 5.41) is 23.0. The van der Waals surface area contributed by atoms with Gasteiger partial charge in [0.15, 0.2) is 0 Å². The predicted octanol–water partition coefficient (Wildman–Crippen LogP) is 7.53. The third kappa shape index (κ3) is 12.6. The highest BCUT2D eigenvalue weighted by Gasteiger charge is 2.45. The summed E-state index contributed by atoms with van der Waals surface area (Å²) < 4.78 is 10.6. The van der Waals surface area contributed by atoms with E-state index in [9.17, 15) is 24.3 Å². The Bertz CT molecular complexity index is 2670. The molecule has 0 saturated carbocycles. The fourth-order valence-electron chi connectivity index (χ4n) is 8.53. The molecule has 0 radical (unpaired) electrons. The van der Waals surface area contributed by atoms with Gasteiger partial charge in [-0.25, -0.2) is 19.7 Å². The van der Waals surface area contributed by atoms with E-state index in [2.05, 4.69) is 46.0 Å². The Hall–Kier alpha value is -6.25. The summed E-state index contributed by atoms with van der Waals surface area (Å²) in [4.78, 5) is 76.0. The van der Waals surface area contributed by atoms with E-state index >= 15 is 0 Å². The molecule has 5 aromatic rings. The van der Waals surface area contributed by atoms with Crippen molar-refractivity contribution in [3.8, 4) is 21.9 Å². The maximum Gasteiger partial charge on any atom is 0.327 e. The van der Waals surface area contributed by atoms with Crippen molar-refractivity contribution in [2.75, 3.05) is 81.0 Å². The first-order valence-corrected chi connectivity index (χ1v) is 24.9. The largest absolute Gasteiger partial charge is 0.495 e. The molecule has 3 aromatic carbocycles. The van der Waals surface area contributed by atoms with Crippen LogP contribution in [0.3, 0.4) is 0 Å². The standard InChI is InChI=1S/C50H61Cl2N11O7S/c1-29(31-9-11-32(12-10-31)45-30(2)55-28-71-45)56-47(66)36-23-35(64)26-63(36)48(67)46(50(3,4)5)58-41(65)17-18-61-19-21-62(22-20-61)34-15-13-33(14-16-34)57-39-25-40(54-27-53-39)60(6)49(68)59-44-42(51)37(69-7)24-38(70-8)43(44)52/h9-16,24-25,27-29,35-36,46,64H,17-23,26H2,1-8H3,(H,56,66)(H,58,65)(H,59,68)(H,53,54,57)/t29-,35+,36-,46+/m0/s1. The van der Waals surface area contributed by atoms with Gasteiger partial charge in [-0.15, -0.1) is 11.3 Å². The van der Waals surface area contributed by atoms with Crippen LogP contribution >= 0.6 is 34.5 Å². The zero-order valence-electron chi connectivity index (χ0n) is 41.1. The molecule has 0 unspecified atom stereocenters. The van der Waals surface area contributed by atoms with Crippen LogP contribution in [0.15, 0.2) is 72.5 Å². The fourth-order valence-corrected chi connectivity index (χ4v) is 9.94. The number of β-amino-alcohol motifs (C(OH)–C–C–N with tert-alkyl or cyclic N) is 1. The smallest absolute Gasteiger partial charge is 0.327 e. The van der Waals surface area contributed by atoms with Crippen LogP contribution in [0.25, 0.3) is 10.4 Å². The molecule has 378 valence electrons. The van der Waals surface area contributed by atoms with Gasteiger partial charge >= 0.3 is 6.03 Å². The van der Waals surface area contributed by atoms with Crippen molar-refractivity contribution in [3.05, 3.63) is 93.8 Å². The Kier molecular flexibility index (Phi) is 16.9. The number of carbonyl (C=O) groups excluding carboxylic acids is 4. The zero-order chi connectivity index (χ0) is 51.1. The summed E-state index contributed by atoms with van der Waals surface area (Å²) in [6.07, 6.45) is 0.777. The van der Waals surface area contributed by atoms with E-state index in [0.29, 0.717) is 18.2 Å². The van der Waals surface area contributed by atoms with Gasteiger partial charge in [-0.2, -0.15) is 0 Å². The Morgan fingerprint density at radius 1 is 0.915 bits per heavy atom. The summed E-state index contributed by atoms with van der Waals surface area (Å²) in [6, 6.07) is 16.3. The van der Waals surface area contributed by atoms with Gasteiger partial charge < -0.3 is 45.6 Å². The number of hydrogen-bond donors (Lipinski definition) is 5. The van der Waals surface area contributed by atoms with Crippen LogP contribution in [-0.2, 0) is 14.4 Å². The molecule has 18 nitrogen and oxygen atoms in total. The first kappa shape index (κ1) is 52.6. The topological polar surface area (TPSA) is 207 Å². The Morgan fingerprint density at radius 2 is 1.58 bits per heavy atom. The summed E-state index contributed by atoms with van der Waals surface area (Å²) >= 11 is 14.5. The molecule has 0 bridgehead atoms. The van der Waals surface area contributed by atoms with Crippen molar-refractivity contribution in [1.29, 1.82) is 0 Å². The van der Waals surface area contributed by atoms with Gasteiger partial charge in [-0.1, -0.05) is 68.2 Å². The van der Waals surface area contributed by atoms with Crippen molar-refractivity contribution in [2.45, 2.75) is 71.7 Å². The van der Waals surface area contributed by atoms with Gasteiger partial charge in [-0.05, 0) is 54.7 Å². The molecular weight excluding hydrogens is 970 g/mol. The number of ether oxygens (including phenoxy) is 2. The van der Waals surface area contributed by atoms with Crippen LogP contribution in [0, 0.1) is 12.3 Å². The van der Waals surface area contributed by atoms with Crippen LogP contribution in [-0.4, -0.2) is 132 Å². The van der Waals surface area contributed by atoms with Crippen LogP contribution in [0.4, 0.5) is 33.5 Å². The van der Waals surface area contributed by atoms with Crippen molar-refractivity contribution >= 4 is 87.0 Å². The lowest BCUT2D eigenvalue weighted by molar-refractivity contribution is -0.144. The number of piperazine rings is 1. The molecule has 4 heterocycles. The Morgan fingerprint density at radius 3 is 2.18 bits per heavy atom. The van der Waals surface area contributed by atoms with Gasteiger partial charge in [0.25, 0.3) is 0 Å². The number of nitrogens with zero attached hydrogens (tertiary/aromatic N) is 7. The Labute approximate surface area is 428 Å². The number of hydrogen-bond acceptors (Lipinski definition) is 14. The van der Waals surface area contributed by atoms with Gasteiger partial charge in [0, 0.05) is 82.7 Å². The number of aliphatic hydroxyl groups is 1. The number of rotatable bonds is 16. The van der Waals surface area contributed by atoms with Gasteiger partial charge in [0.2, 0.25) is 17.7 Å². The maximum absolute atomic E-state index is 14.2. The number of aliphatic hydroxyl groups excluding tert-OH is 1. The highest BCUT2D eigenvalue weighted by molar-refractivity contribution is 7.13. The molecule has 4 atom stereocenters. The van der Waals surface area contributed by atoms with Crippen LogP contribution in [0.5, 0.6) is 11.5 Å². The summed E-state index contributed by atoms with van der Waals surface area (Å²) in [5.41, 5.74) is 6.01. The second kappa shape index (κ2) is 22.9. The van der Waals surface area contributed by atoms with Crippen molar-refractivity contribution in [2.24, 2.45) is 5.41 Å². The lowest BCUT2D eigenvalue weighted by Gasteiger charge is -2.37. The molecule has 71 heavy (non-hydrogen) atoms. The highest BCUT2D eigenvalue weighted by Crippen LogP contribution is 2.44. The molecule has 2 aromatic heterocycles. The van der Waals surface area contributed by atoms with E-state index < -0.39 is 35.5 Å². The summed E-state index contributed by atoms with van der Waals surface area (Å²) in [6.45, 7) is 13.0. The van der Waals surface area contributed by atoms with E-state index in [1.807, 2.05) is 88.7 Å². The summed E-state index contributed by atoms with van der Waals surface area (Å²) in [5.74, 6) is 0.317. The minimum atomic E-state index is -0.912. The highest BCUT2D eigenvalue weighted by atomic mass is 35.5. The molecule has 2 fully saturated rings. The van der Waals surface area contributed by atoms with Crippen LogP contribution in [0.2, 0.25) is 10.0 Å². The van der Waals surface area contributed by atoms with E-state index in [4.69, 9.17) is 32.7 Å². The Balaban J connectivity index is 0.874.